The molecule has 37 heavy (non-hydrogen) atoms. The third-order valence-electron chi connectivity index (χ3n) is 6.18. The topological polar surface area (TPSA) is 124 Å². The van der Waals surface area contributed by atoms with Gasteiger partial charge in [-0.15, -0.1) is 0 Å². The fraction of sp³-hybridized carbons (Fsp3) is 0.500. The number of nitrogens with zero attached hydrogens (tertiary/aromatic N) is 5. The molecule has 0 spiro atoms. The molecular formula is C22H25ClF3N7O4. The fourth-order valence-corrected chi connectivity index (χ4v) is 4.40. The molecular weight excluding hydrogens is 519 g/mol. The van der Waals surface area contributed by atoms with Crippen LogP contribution in [0.25, 0.3) is 0 Å². The second-order valence-electron chi connectivity index (χ2n) is 8.81. The van der Waals surface area contributed by atoms with Gasteiger partial charge in [-0.05, 0) is 13.0 Å². The maximum absolute atomic E-state index is 13.1. The van der Waals surface area contributed by atoms with E-state index in [-0.39, 0.29) is 61.2 Å². The van der Waals surface area contributed by atoms with Gasteiger partial charge >= 0.3 is 6.18 Å². The van der Waals surface area contributed by atoms with E-state index < -0.39 is 29.2 Å². The predicted octanol–water partition coefficient (Wildman–Crippen LogP) is 1.74. The van der Waals surface area contributed by atoms with Crippen LogP contribution < -0.4 is 20.7 Å². The zero-order valence-corrected chi connectivity index (χ0v) is 20.8. The molecule has 15 heteroatoms. The van der Waals surface area contributed by atoms with Gasteiger partial charge in [-0.3, -0.25) is 14.4 Å². The van der Waals surface area contributed by atoms with Crippen molar-refractivity contribution in [1.82, 2.24) is 20.1 Å². The molecule has 2 aliphatic rings. The first kappa shape index (κ1) is 26.7. The van der Waals surface area contributed by atoms with Crippen LogP contribution in [0.2, 0.25) is 5.02 Å². The monoisotopic (exact) mass is 543 g/mol. The Morgan fingerprint density at radius 3 is 2.81 bits per heavy atom. The minimum Gasteiger partial charge on any atom is -0.379 e. The van der Waals surface area contributed by atoms with Crippen LogP contribution in [0.5, 0.6) is 0 Å². The second-order valence-corrected chi connectivity index (χ2v) is 9.19. The molecule has 0 unspecified atom stereocenters. The van der Waals surface area contributed by atoms with E-state index in [4.69, 9.17) is 16.3 Å². The van der Waals surface area contributed by atoms with Crippen molar-refractivity contribution in [1.29, 1.82) is 0 Å². The van der Waals surface area contributed by atoms with Gasteiger partial charge in [-0.2, -0.15) is 18.3 Å². The largest absolute Gasteiger partial charge is 0.417 e. The Bertz CT molecular complexity index is 1240. The van der Waals surface area contributed by atoms with Crippen molar-refractivity contribution < 1.29 is 27.5 Å². The lowest BCUT2D eigenvalue weighted by Gasteiger charge is -2.46. The number of hydrogen-bond donors (Lipinski definition) is 2. The summed E-state index contributed by atoms with van der Waals surface area (Å²) in [6, 6.07) is -0.0425. The molecule has 200 valence electrons. The number of H-pyrrole nitrogens is 1. The number of nitrogens with one attached hydrogen (secondary N) is 2. The van der Waals surface area contributed by atoms with Gasteiger partial charge in [-0.25, -0.2) is 10.1 Å². The summed E-state index contributed by atoms with van der Waals surface area (Å²) in [5.74, 6) is -0.327. The van der Waals surface area contributed by atoms with E-state index in [1.54, 1.807) is 9.80 Å². The van der Waals surface area contributed by atoms with Crippen LogP contribution in [0.15, 0.2) is 23.3 Å². The Balaban J connectivity index is 1.30. The third-order valence-corrected chi connectivity index (χ3v) is 6.56. The van der Waals surface area contributed by atoms with Crippen LogP contribution in [0.4, 0.5) is 30.4 Å². The average Bonchev–Trinajstić information content (AvgIpc) is 2.86. The van der Waals surface area contributed by atoms with Crippen molar-refractivity contribution in [3.63, 3.8) is 0 Å². The number of hydrogen-bond acceptors (Lipinski definition) is 8. The number of anilines is 3. The highest BCUT2D eigenvalue weighted by Crippen LogP contribution is 2.39. The lowest BCUT2D eigenvalue weighted by molar-refractivity contribution is -0.138. The molecule has 2 aromatic heterocycles. The molecule has 0 saturated carbocycles. The van der Waals surface area contributed by atoms with Crippen LogP contribution in [-0.2, 0) is 20.5 Å². The summed E-state index contributed by atoms with van der Waals surface area (Å²) in [6.45, 7) is 2.83. The highest BCUT2D eigenvalue weighted by molar-refractivity contribution is 6.32. The molecule has 2 N–H and O–H groups in total. The van der Waals surface area contributed by atoms with E-state index in [2.05, 4.69) is 20.5 Å². The van der Waals surface area contributed by atoms with Gasteiger partial charge < -0.3 is 24.8 Å². The number of carbonyl (C=O) groups excluding carboxylic acids is 2. The van der Waals surface area contributed by atoms with E-state index in [1.165, 1.54) is 13.2 Å². The Kier molecular flexibility index (Phi) is 7.59. The summed E-state index contributed by atoms with van der Waals surface area (Å²) in [4.78, 5) is 45.6. The summed E-state index contributed by atoms with van der Waals surface area (Å²) in [5, 5.41) is 8.90. The zero-order chi connectivity index (χ0) is 26.9. The maximum Gasteiger partial charge on any atom is 0.417 e. The molecule has 0 aromatic carbocycles. The van der Waals surface area contributed by atoms with Crippen molar-refractivity contribution in [3.8, 4) is 0 Å². The number of pyridine rings is 1. The summed E-state index contributed by atoms with van der Waals surface area (Å²) < 4.78 is 44.9. The smallest absolute Gasteiger partial charge is 0.379 e. The number of likely N-dealkylation sites (N-methyl/N-ethyl adjacent to an activating group) is 1. The van der Waals surface area contributed by atoms with E-state index >= 15 is 0 Å². The molecule has 4 rings (SSSR count). The molecule has 0 bridgehead atoms. The highest BCUT2D eigenvalue weighted by Gasteiger charge is 2.43. The number of amides is 2. The van der Waals surface area contributed by atoms with Gasteiger partial charge in [0.15, 0.2) is 5.82 Å². The van der Waals surface area contributed by atoms with Gasteiger partial charge in [-0.1, -0.05) is 11.6 Å². The van der Waals surface area contributed by atoms with Gasteiger partial charge in [0.05, 0.1) is 49.3 Å². The first-order chi connectivity index (χ1) is 17.5. The molecule has 4 heterocycles. The average molecular weight is 544 g/mol. The first-order valence-electron chi connectivity index (χ1n) is 11.4. The van der Waals surface area contributed by atoms with Crippen LogP contribution in [0.1, 0.15) is 18.9 Å². The number of halogens is 4. The van der Waals surface area contributed by atoms with Gasteiger partial charge in [0.1, 0.15) is 11.1 Å². The van der Waals surface area contributed by atoms with Crippen LogP contribution in [-0.4, -0.2) is 83.9 Å². The van der Waals surface area contributed by atoms with Crippen LogP contribution in [0, 0.1) is 0 Å². The van der Waals surface area contributed by atoms with Crippen LogP contribution in [0.3, 0.4) is 0 Å². The summed E-state index contributed by atoms with van der Waals surface area (Å²) >= 11 is 5.93. The van der Waals surface area contributed by atoms with E-state index in [1.807, 2.05) is 6.92 Å². The van der Waals surface area contributed by atoms with Crippen molar-refractivity contribution in [2.24, 2.45) is 0 Å². The maximum atomic E-state index is 13.1. The Labute approximate surface area is 214 Å². The number of ether oxygens (including phenoxy) is 1. The van der Waals surface area contributed by atoms with E-state index in [9.17, 15) is 27.6 Å². The van der Waals surface area contributed by atoms with E-state index in [0.717, 1.165) is 17.2 Å². The quantitative estimate of drug-likeness (QED) is 0.506. The van der Waals surface area contributed by atoms with Crippen LogP contribution >= 0.6 is 11.6 Å². The number of aromatic amines is 1. The zero-order valence-electron chi connectivity index (χ0n) is 20.0. The SMILES string of the molecule is C[C@@H](COCCC(=O)N1CCN2c3ncc(C(F)(F)F)cc3N(C)C(=O)[C@@H]2C1)Nc1cn[nH]c(=O)c1Cl. The molecule has 2 atom stereocenters. The number of rotatable bonds is 7. The number of alkyl halides is 3. The van der Waals surface area contributed by atoms with Crippen molar-refractivity contribution in [2.45, 2.75) is 31.6 Å². The lowest BCUT2D eigenvalue weighted by Crippen LogP contribution is -2.63. The van der Waals surface area contributed by atoms with Crippen molar-refractivity contribution in [2.75, 3.05) is 55.0 Å². The highest BCUT2D eigenvalue weighted by atomic mass is 35.5. The molecule has 2 amide bonds. The summed E-state index contributed by atoms with van der Waals surface area (Å²) in [6.07, 6.45) is -2.35. The van der Waals surface area contributed by atoms with E-state index in [0.29, 0.717) is 12.2 Å². The summed E-state index contributed by atoms with van der Waals surface area (Å²) in [5.41, 5.74) is -0.995. The second kappa shape index (κ2) is 10.5. The molecule has 0 radical (unpaired) electrons. The fourth-order valence-electron chi connectivity index (χ4n) is 4.25. The first-order valence-corrected chi connectivity index (χ1v) is 11.8. The number of aromatic nitrogens is 3. The molecule has 11 nitrogen and oxygen atoms in total. The standard InChI is InChI=1S/C22H25ClF3N7O4/c1-12(29-14-9-28-30-20(35)18(14)23)11-37-6-3-17(34)32-4-5-33-16(10-32)21(36)31(2)15-7-13(22(24,25)26)8-27-19(15)33/h7-9,12,16H,3-6,10-11H2,1-2H3,(H2,29,30,35)/t12-,16-/m0/s1. The minimum atomic E-state index is -4.57. The Morgan fingerprint density at radius 1 is 1.32 bits per heavy atom. The molecule has 1 saturated heterocycles. The Hall–Kier alpha value is -3.39. The normalized spacial score (nSPS) is 18.4. The molecule has 2 aromatic rings. The predicted molar refractivity (Wildman–Crippen MR) is 129 cm³/mol. The number of piperazine rings is 1. The van der Waals surface area contributed by atoms with Crippen molar-refractivity contribution >= 4 is 40.6 Å². The minimum absolute atomic E-state index is 0.0160. The Morgan fingerprint density at radius 2 is 2.08 bits per heavy atom. The summed E-state index contributed by atoms with van der Waals surface area (Å²) in [7, 11) is 1.40. The van der Waals surface area contributed by atoms with Gasteiger partial charge in [0, 0.05) is 32.4 Å². The van der Waals surface area contributed by atoms with Crippen molar-refractivity contribution in [3.05, 3.63) is 39.4 Å². The number of fused-ring (bicyclic) bond motifs is 3. The molecule has 1 fully saturated rings. The third kappa shape index (κ3) is 5.64. The number of carbonyl (C=O) groups is 2. The lowest BCUT2D eigenvalue weighted by atomic mass is 10.0. The molecule has 2 aliphatic heterocycles. The van der Waals surface area contributed by atoms with Gasteiger partial charge in [0.2, 0.25) is 5.91 Å². The van der Waals surface area contributed by atoms with Gasteiger partial charge in [0.25, 0.3) is 11.5 Å². The molecule has 0 aliphatic carbocycles.